The topological polar surface area (TPSA) is 52.6 Å². The SMILES string of the molecule is CCCOP(=O)(CC(=O)CC)OCCC. The minimum absolute atomic E-state index is 0.0782. The summed E-state index contributed by atoms with van der Waals surface area (Å²) in [5, 5.41) is 0. The van der Waals surface area contributed by atoms with Gasteiger partial charge in [0, 0.05) is 6.42 Å². The van der Waals surface area contributed by atoms with Gasteiger partial charge in [0.1, 0.15) is 11.9 Å². The zero-order valence-corrected chi connectivity index (χ0v) is 10.7. The minimum Gasteiger partial charge on any atom is -0.308 e. The molecule has 0 heterocycles. The van der Waals surface area contributed by atoms with Crippen molar-refractivity contribution >= 4 is 13.4 Å². The van der Waals surface area contributed by atoms with Crippen LogP contribution >= 0.6 is 7.60 Å². The van der Waals surface area contributed by atoms with Crippen molar-refractivity contribution in [2.45, 2.75) is 40.0 Å². The second-order valence-electron chi connectivity index (χ2n) is 3.33. The summed E-state index contributed by atoms with van der Waals surface area (Å²) >= 11 is 0. The molecule has 0 spiro atoms. The number of hydrogen-bond acceptors (Lipinski definition) is 4. The summed E-state index contributed by atoms with van der Waals surface area (Å²) in [7, 11) is -3.17. The number of carbonyl (C=O) groups excluding carboxylic acids is 1. The van der Waals surface area contributed by atoms with Gasteiger partial charge in [0.05, 0.1) is 13.2 Å². The molecule has 0 rings (SSSR count). The van der Waals surface area contributed by atoms with Crippen molar-refractivity contribution in [2.24, 2.45) is 0 Å². The molecule has 0 aromatic heterocycles. The van der Waals surface area contributed by atoms with Crippen LogP contribution in [0.15, 0.2) is 0 Å². The molecule has 0 bridgehead atoms. The molecule has 0 unspecified atom stereocenters. The van der Waals surface area contributed by atoms with Crippen LogP contribution in [0.2, 0.25) is 0 Å². The van der Waals surface area contributed by atoms with Gasteiger partial charge >= 0.3 is 7.60 Å². The summed E-state index contributed by atoms with van der Waals surface area (Å²) in [5.41, 5.74) is 0. The quantitative estimate of drug-likeness (QED) is 0.577. The number of hydrogen-bond donors (Lipinski definition) is 0. The van der Waals surface area contributed by atoms with Crippen LogP contribution in [0.1, 0.15) is 40.0 Å². The predicted molar refractivity (Wildman–Crippen MR) is 60.3 cm³/mol. The van der Waals surface area contributed by atoms with E-state index in [1.54, 1.807) is 6.92 Å². The van der Waals surface area contributed by atoms with E-state index in [2.05, 4.69) is 0 Å². The van der Waals surface area contributed by atoms with E-state index in [9.17, 15) is 9.36 Å². The Labute approximate surface area is 91.9 Å². The fraction of sp³-hybridized carbons (Fsp3) is 0.900. The third kappa shape index (κ3) is 6.82. The summed E-state index contributed by atoms with van der Waals surface area (Å²) in [6, 6.07) is 0. The Kier molecular flexibility index (Phi) is 7.93. The van der Waals surface area contributed by atoms with Crippen LogP contribution in [0.3, 0.4) is 0 Å². The zero-order valence-electron chi connectivity index (χ0n) is 9.82. The number of Topliss-reactive ketones (excluding diaryl/α,β-unsaturated/α-hetero) is 1. The molecule has 0 amide bonds. The van der Waals surface area contributed by atoms with Crippen molar-refractivity contribution in [2.75, 3.05) is 19.4 Å². The molecule has 0 aliphatic carbocycles. The highest BCUT2D eigenvalue weighted by molar-refractivity contribution is 7.54. The fourth-order valence-corrected chi connectivity index (χ4v) is 2.75. The van der Waals surface area contributed by atoms with E-state index < -0.39 is 7.60 Å². The summed E-state index contributed by atoms with van der Waals surface area (Å²) in [6.45, 7) is 6.33. The third-order valence-electron chi connectivity index (χ3n) is 1.75. The van der Waals surface area contributed by atoms with Crippen LogP contribution in [-0.2, 0) is 18.4 Å². The molecule has 0 atom stereocenters. The number of carbonyl (C=O) groups is 1. The molecule has 0 saturated heterocycles. The summed E-state index contributed by atoms with van der Waals surface area (Å²) in [5.74, 6) is -0.0782. The van der Waals surface area contributed by atoms with Crippen LogP contribution in [0.4, 0.5) is 0 Å². The Morgan fingerprint density at radius 1 is 1.07 bits per heavy atom. The molecule has 0 aromatic carbocycles. The van der Waals surface area contributed by atoms with Crippen molar-refractivity contribution in [1.29, 1.82) is 0 Å². The van der Waals surface area contributed by atoms with Gasteiger partial charge in [0.25, 0.3) is 0 Å². The molecule has 0 radical (unpaired) electrons. The summed E-state index contributed by atoms with van der Waals surface area (Å²) < 4.78 is 22.4. The highest BCUT2D eigenvalue weighted by atomic mass is 31.2. The minimum atomic E-state index is -3.17. The van der Waals surface area contributed by atoms with Crippen LogP contribution in [0.5, 0.6) is 0 Å². The maximum Gasteiger partial charge on any atom is 0.338 e. The molecule has 15 heavy (non-hydrogen) atoms. The summed E-state index contributed by atoms with van der Waals surface area (Å²) in [4.78, 5) is 11.2. The Hall–Kier alpha value is -0.180. The molecule has 0 N–H and O–H groups in total. The molecule has 5 heteroatoms. The zero-order chi connectivity index (χ0) is 11.7. The largest absolute Gasteiger partial charge is 0.338 e. The Morgan fingerprint density at radius 2 is 1.53 bits per heavy atom. The molecular formula is C10H21O4P. The fourth-order valence-electron chi connectivity index (χ4n) is 0.917. The maximum absolute atomic E-state index is 12.0. The van der Waals surface area contributed by atoms with Gasteiger partial charge in [-0.3, -0.25) is 9.36 Å². The molecule has 0 aliphatic heterocycles. The smallest absolute Gasteiger partial charge is 0.308 e. The van der Waals surface area contributed by atoms with E-state index in [-0.39, 0.29) is 11.9 Å². The molecule has 90 valence electrons. The average Bonchev–Trinajstić information content (AvgIpc) is 2.23. The van der Waals surface area contributed by atoms with Crippen molar-refractivity contribution in [1.82, 2.24) is 0 Å². The Morgan fingerprint density at radius 3 is 1.87 bits per heavy atom. The van der Waals surface area contributed by atoms with Crippen LogP contribution < -0.4 is 0 Å². The van der Waals surface area contributed by atoms with Gasteiger partial charge in [-0.25, -0.2) is 0 Å². The lowest BCUT2D eigenvalue weighted by Gasteiger charge is -2.17. The third-order valence-corrected chi connectivity index (χ3v) is 3.64. The van der Waals surface area contributed by atoms with Crippen LogP contribution in [0.25, 0.3) is 0 Å². The predicted octanol–water partition coefficient (Wildman–Crippen LogP) is 3.01. The lowest BCUT2D eigenvalue weighted by molar-refractivity contribution is -0.116. The molecule has 0 aliphatic rings. The molecule has 0 aromatic rings. The Bertz CT molecular complexity index is 215. The highest BCUT2D eigenvalue weighted by Gasteiger charge is 2.26. The van der Waals surface area contributed by atoms with Crippen molar-refractivity contribution < 1.29 is 18.4 Å². The van der Waals surface area contributed by atoms with E-state index >= 15 is 0 Å². The van der Waals surface area contributed by atoms with Crippen LogP contribution in [0, 0.1) is 0 Å². The standard InChI is InChI=1S/C10H21O4P/c1-4-7-13-15(12,14-8-5-2)9-10(11)6-3/h4-9H2,1-3H3. The molecule has 4 nitrogen and oxygen atoms in total. The van der Waals surface area contributed by atoms with Gasteiger partial charge in [-0.2, -0.15) is 0 Å². The van der Waals surface area contributed by atoms with E-state index in [0.29, 0.717) is 19.6 Å². The Balaban J connectivity index is 4.26. The van der Waals surface area contributed by atoms with Crippen molar-refractivity contribution in [3.05, 3.63) is 0 Å². The van der Waals surface area contributed by atoms with Crippen molar-refractivity contribution in [3.8, 4) is 0 Å². The molecule has 0 saturated carbocycles. The van der Waals surface area contributed by atoms with Gasteiger partial charge in [-0.1, -0.05) is 20.8 Å². The second-order valence-corrected chi connectivity index (χ2v) is 5.38. The summed E-state index contributed by atoms with van der Waals surface area (Å²) in [6.07, 6.45) is 1.80. The molecule has 0 fully saturated rings. The normalized spacial score (nSPS) is 11.7. The van der Waals surface area contributed by atoms with Gasteiger partial charge in [0.2, 0.25) is 0 Å². The van der Waals surface area contributed by atoms with Gasteiger partial charge in [-0.05, 0) is 12.8 Å². The number of ketones is 1. The van der Waals surface area contributed by atoms with Gasteiger partial charge < -0.3 is 9.05 Å². The maximum atomic E-state index is 12.0. The van der Waals surface area contributed by atoms with Crippen molar-refractivity contribution in [3.63, 3.8) is 0 Å². The van der Waals surface area contributed by atoms with E-state index in [4.69, 9.17) is 9.05 Å². The number of rotatable bonds is 9. The monoisotopic (exact) mass is 236 g/mol. The van der Waals surface area contributed by atoms with Gasteiger partial charge in [-0.15, -0.1) is 0 Å². The van der Waals surface area contributed by atoms with E-state index in [1.165, 1.54) is 0 Å². The van der Waals surface area contributed by atoms with E-state index in [0.717, 1.165) is 12.8 Å². The first-order valence-corrected chi connectivity index (χ1v) is 7.20. The lowest BCUT2D eigenvalue weighted by Crippen LogP contribution is -2.09. The van der Waals surface area contributed by atoms with E-state index in [1.807, 2.05) is 13.8 Å². The first-order valence-electron chi connectivity index (χ1n) is 5.47. The second kappa shape index (κ2) is 8.03. The van der Waals surface area contributed by atoms with Crippen LogP contribution in [-0.4, -0.2) is 25.2 Å². The molecular weight excluding hydrogens is 215 g/mol. The average molecular weight is 236 g/mol. The lowest BCUT2D eigenvalue weighted by atomic mass is 10.4. The van der Waals surface area contributed by atoms with Gasteiger partial charge in [0.15, 0.2) is 0 Å². The first-order chi connectivity index (χ1) is 7.08. The highest BCUT2D eigenvalue weighted by Crippen LogP contribution is 2.48. The first kappa shape index (κ1) is 14.8.